The first-order chi connectivity index (χ1) is 13.0. The average molecular weight is 362 g/mol. The summed E-state index contributed by atoms with van der Waals surface area (Å²) in [6.07, 6.45) is 0. The fourth-order valence-corrected chi connectivity index (χ4v) is 3.59. The molecule has 1 aliphatic rings. The van der Waals surface area contributed by atoms with Crippen molar-refractivity contribution in [2.24, 2.45) is 0 Å². The SMILES string of the molecule is COc1cc(-c2cc(C)c3c(n2)nn2c(C)cc(C)nc32)cc2c1OCO2. The normalized spacial score (nSPS) is 12.9. The van der Waals surface area contributed by atoms with Crippen LogP contribution < -0.4 is 14.2 Å². The molecule has 27 heavy (non-hydrogen) atoms. The van der Waals surface area contributed by atoms with E-state index in [1.165, 1.54) is 0 Å². The highest BCUT2D eigenvalue weighted by atomic mass is 16.7. The van der Waals surface area contributed by atoms with Gasteiger partial charge < -0.3 is 14.2 Å². The van der Waals surface area contributed by atoms with Crippen molar-refractivity contribution in [3.05, 3.63) is 41.2 Å². The van der Waals surface area contributed by atoms with E-state index < -0.39 is 0 Å². The van der Waals surface area contributed by atoms with Crippen molar-refractivity contribution < 1.29 is 14.2 Å². The summed E-state index contributed by atoms with van der Waals surface area (Å²) >= 11 is 0. The van der Waals surface area contributed by atoms with Crippen LogP contribution in [0.1, 0.15) is 17.0 Å². The van der Waals surface area contributed by atoms with Crippen molar-refractivity contribution in [1.82, 2.24) is 19.6 Å². The number of benzene rings is 1. The molecule has 0 saturated carbocycles. The van der Waals surface area contributed by atoms with Crippen molar-refractivity contribution in [3.63, 3.8) is 0 Å². The molecule has 7 heteroatoms. The number of ether oxygens (including phenoxy) is 3. The third-order valence-electron chi connectivity index (χ3n) is 4.80. The third-order valence-corrected chi connectivity index (χ3v) is 4.80. The maximum absolute atomic E-state index is 5.54. The Morgan fingerprint density at radius 1 is 1.04 bits per heavy atom. The quantitative estimate of drug-likeness (QED) is 0.542. The largest absolute Gasteiger partial charge is 0.493 e. The third kappa shape index (κ3) is 2.31. The van der Waals surface area contributed by atoms with Crippen molar-refractivity contribution in [2.75, 3.05) is 13.9 Å². The van der Waals surface area contributed by atoms with Gasteiger partial charge >= 0.3 is 0 Å². The number of hydrogen-bond acceptors (Lipinski definition) is 6. The van der Waals surface area contributed by atoms with Crippen LogP contribution in [0.3, 0.4) is 0 Å². The van der Waals surface area contributed by atoms with E-state index in [0.29, 0.717) is 22.9 Å². The van der Waals surface area contributed by atoms with Crippen LogP contribution in [0.25, 0.3) is 27.9 Å². The smallest absolute Gasteiger partial charge is 0.231 e. The van der Waals surface area contributed by atoms with Crippen molar-refractivity contribution in [2.45, 2.75) is 20.8 Å². The number of pyridine rings is 1. The molecule has 4 heterocycles. The molecule has 0 unspecified atom stereocenters. The summed E-state index contributed by atoms with van der Waals surface area (Å²) < 4.78 is 18.3. The number of hydrogen-bond donors (Lipinski definition) is 0. The fourth-order valence-electron chi connectivity index (χ4n) is 3.59. The first-order valence-electron chi connectivity index (χ1n) is 8.67. The van der Waals surface area contributed by atoms with Crippen LogP contribution in [0, 0.1) is 20.8 Å². The predicted molar refractivity (Wildman–Crippen MR) is 101 cm³/mol. The van der Waals surface area contributed by atoms with E-state index in [0.717, 1.165) is 39.2 Å². The molecular weight excluding hydrogens is 344 g/mol. The molecule has 0 saturated heterocycles. The van der Waals surface area contributed by atoms with Gasteiger partial charge in [-0.25, -0.2) is 14.5 Å². The first kappa shape index (κ1) is 15.9. The van der Waals surface area contributed by atoms with Gasteiger partial charge in [0.05, 0.1) is 18.2 Å². The monoisotopic (exact) mass is 362 g/mol. The van der Waals surface area contributed by atoms with E-state index in [4.69, 9.17) is 19.2 Å². The minimum absolute atomic E-state index is 0.192. The molecule has 0 bridgehead atoms. The lowest BCUT2D eigenvalue weighted by atomic mass is 10.1. The zero-order chi connectivity index (χ0) is 18.7. The predicted octanol–water partition coefficient (Wildman–Crippen LogP) is 3.61. The summed E-state index contributed by atoms with van der Waals surface area (Å²) in [4.78, 5) is 9.46. The van der Waals surface area contributed by atoms with Crippen LogP contribution >= 0.6 is 0 Å². The minimum Gasteiger partial charge on any atom is -0.493 e. The van der Waals surface area contributed by atoms with E-state index in [2.05, 4.69) is 17.0 Å². The molecule has 0 aliphatic carbocycles. The molecule has 0 N–H and O–H groups in total. The van der Waals surface area contributed by atoms with Gasteiger partial charge in [0.25, 0.3) is 0 Å². The highest BCUT2D eigenvalue weighted by molar-refractivity contribution is 5.94. The highest BCUT2D eigenvalue weighted by Crippen LogP contribution is 2.44. The Morgan fingerprint density at radius 2 is 1.89 bits per heavy atom. The number of rotatable bonds is 2. The summed E-state index contributed by atoms with van der Waals surface area (Å²) in [7, 11) is 1.61. The molecule has 0 spiro atoms. The van der Waals surface area contributed by atoms with Crippen LogP contribution in [0.2, 0.25) is 0 Å². The molecule has 4 aromatic rings. The van der Waals surface area contributed by atoms with Crippen molar-refractivity contribution >= 4 is 16.7 Å². The Labute approximate surface area is 155 Å². The highest BCUT2D eigenvalue weighted by Gasteiger charge is 2.22. The summed E-state index contributed by atoms with van der Waals surface area (Å²) in [5.74, 6) is 1.91. The number of fused-ring (bicyclic) bond motifs is 4. The second-order valence-corrected chi connectivity index (χ2v) is 6.71. The molecule has 3 aromatic heterocycles. The molecule has 0 radical (unpaired) electrons. The van der Waals surface area contributed by atoms with Gasteiger partial charge in [-0.3, -0.25) is 0 Å². The van der Waals surface area contributed by atoms with Crippen LogP contribution in [-0.2, 0) is 0 Å². The molecule has 1 aliphatic heterocycles. The van der Waals surface area contributed by atoms with Gasteiger partial charge in [0.2, 0.25) is 12.5 Å². The second kappa shape index (κ2) is 5.57. The standard InChI is InChI=1S/C20H18N4O3/c1-10-5-14(13-7-15(25-4)18-16(8-13)26-9-27-18)22-19-17(10)20-21-11(2)6-12(3)24(20)23-19/h5-8H,9H2,1-4H3. The number of aryl methyl sites for hydroxylation is 3. The number of nitrogens with zero attached hydrogens (tertiary/aromatic N) is 4. The Hall–Kier alpha value is -3.35. The van der Waals surface area contributed by atoms with E-state index >= 15 is 0 Å². The fraction of sp³-hybridized carbons (Fsp3) is 0.250. The zero-order valence-corrected chi connectivity index (χ0v) is 15.5. The zero-order valence-electron chi connectivity index (χ0n) is 15.5. The molecule has 0 fully saturated rings. The number of methoxy groups -OCH3 is 1. The van der Waals surface area contributed by atoms with Crippen LogP contribution in [-0.4, -0.2) is 33.5 Å². The minimum atomic E-state index is 0.192. The van der Waals surface area contributed by atoms with Gasteiger partial charge in [-0.15, -0.1) is 5.10 Å². The topological polar surface area (TPSA) is 70.8 Å². The lowest BCUT2D eigenvalue weighted by Crippen LogP contribution is -1.96. The average Bonchev–Trinajstić information content (AvgIpc) is 3.25. The lowest BCUT2D eigenvalue weighted by molar-refractivity contribution is 0.171. The van der Waals surface area contributed by atoms with Gasteiger partial charge in [0.1, 0.15) is 0 Å². The van der Waals surface area contributed by atoms with E-state index in [-0.39, 0.29) is 6.79 Å². The maximum atomic E-state index is 5.54. The molecule has 1 aromatic carbocycles. The summed E-state index contributed by atoms with van der Waals surface area (Å²) in [6, 6.07) is 7.88. The number of aromatic nitrogens is 4. The molecule has 7 nitrogen and oxygen atoms in total. The van der Waals surface area contributed by atoms with E-state index in [1.807, 2.05) is 42.6 Å². The first-order valence-corrected chi connectivity index (χ1v) is 8.67. The summed E-state index contributed by atoms with van der Waals surface area (Å²) in [6.45, 7) is 6.25. The van der Waals surface area contributed by atoms with Gasteiger partial charge in [0.15, 0.2) is 22.8 Å². The van der Waals surface area contributed by atoms with E-state index in [9.17, 15) is 0 Å². The molecular formula is C20H18N4O3. The Bertz CT molecular complexity index is 1230. The van der Waals surface area contributed by atoms with Gasteiger partial charge in [-0.2, -0.15) is 0 Å². The van der Waals surface area contributed by atoms with E-state index in [1.54, 1.807) is 7.11 Å². The van der Waals surface area contributed by atoms with Crippen molar-refractivity contribution in [1.29, 1.82) is 0 Å². The Kier molecular flexibility index (Phi) is 3.28. The second-order valence-electron chi connectivity index (χ2n) is 6.71. The van der Waals surface area contributed by atoms with Crippen LogP contribution in [0.15, 0.2) is 24.3 Å². The van der Waals surface area contributed by atoms with Gasteiger partial charge in [-0.1, -0.05) is 0 Å². The lowest BCUT2D eigenvalue weighted by Gasteiger charge is -2.08. The Balaban J connectivity index is 1.76. The molecule has 136 valence electrons. The Morgan fingerprint density at radius 3 is 2.70 bits per heavy atom. The molecule has 0 atom stereocenters. The summed E-state index contributed by atoms with van der Waals surface area (Å²) in [5, 5.41) is 5.64. The van der Waals surface area contributed by atoms with Gasteiger partial charge in [0, 0.05) is 17.0 Å². The molecule has 0 amide bonds. The molecule has 5 rings (SSSR count). The summed E-state index contributed by atoms with van der Waals surface area (Å²) in [5.41, 5.74) is 6.25. The maximum Gasteiger partial charge on any atom is 0.231 e. The van der Waals surface area contributed by atoms with Crippen molar-refractivity contribution in [3.8, 4) is 28.5 Å². The van der Waals surface area contributed by atoms with Crippen LogP contribution in [0.5, 0.6) is 17.2 Å². The van der Waals surface area contributed by atoms with Crippen LogP contribution in [0.4, 0.5) is 0 Å². The van der Waals surface area contributed by atoms with Gasteiger partial charge in [-0.05, 0) is 50.6 Å².